The maximum atomic E-state index is 12.7. The fraction of sp³-hybridized carbons (Fsp3) is 0.562. The molecule has 1 saturated heterocycles. The largest absolute Gasteiger partial charge is 0.474 e. The Morgan fingerprint density at radius 3 is 2.70 bits per heavy atom. The molecule has 0 radical (unpaired) electrons. The topological polar surface area (TPSA) is 85.5 Å². The van der Waals surface area contributed by atoms with E-state index in [4.69, 9.17) is 22.1 Å². The minimum Gasteiger partial charge on any atom is -0.474 e. The monoisotopic (exact) mass is 339 g/mol. The zero-order chi connectivity index (χ0) is 17.1. The average molecular weight is 340 g/mol. The van der Waals surface area contributed by atoms with Gasteiger partial charge in [0, 0.05) is 18.8 Å². The van der Waals surface area contributed by atoms with Crippen LogP contribution >= 0.6 is 11.6 Å². The van der Waals surface area contributed by atoms with E-state index in [1.165, 1.54) is 6.20 Å². The molecule has 2 N–H and O–H groups in total. The van der Waals surface area contributed by atoms with Gasteiger partial charge in [-0.2, -0.15) is 0 Å². The van der Waals surface area contributed by atoms with Crippen LogP contribution in [0.1, 0.15) is 44.0 Å². The lowest BCUT2D eigenvalue weighted by atomic mass is 9.92. The van der Waals surface area contributed by atoms with Crippen LogP contribution in [-0.2, 0) is 4.79 Å². The number of rotatable bonds is 4. The number of carbonyl (C=O) groups is 2. The van der Waals surface area contributed by atoms with Crippen LogP contribution in [0, 0.1) is 5.92 Å². The van der Waals surface area contributed by atoms with Crippen molar-refractivity contribution < 1.29 is 14.3 Å². The van der Waals surface area contributed by atoms with Crippen LogP contribution in [-0.4, -0.2) is 40.4 Å². The lowest BCUT2D eigenvalue weighted by molar-refractivity contribution is -0.123. The van der Waals surface area contributed by atoms with Crippen LogP contribution < -0.4 is 10.5 Å². The summed E-state index contributed by atoms with van der Waals surface area (Å²) in [5.74, 6) is -0.567. The minimum absolute atomic E-state index is 0.0449. The molecule has 6 nitrogen and oxygen atoms in total. The maximum absolute atomic E-state index is 12.7. The first-order valence-electron chi connectivity index (χ1n) is 7.72. The highest BCUT2D eigenvalue weighted by Crippen LogP contribution is 2.27. The summed E-state index contributed by atoms with van der Waals surface area (Å²) < 4.78 is 5.47. The van der Waals surface area contributed by atoms with Crippen molar-refractivity contribution in [2.24, 2.45) is 11.7 Å². The van der Waals surface area contributed by atoms with E-state index in [0.717, 1.165) is 6.42 Å². The quantitative estimate of drug-likeness (QED) is 0.911. The highest BCUT2D eigenvalue weighted by Gasteiger charge is 2.32. The van der Waals surface area contributed by atoms with Gasteiger partial charge in [0.15, 0.2) is 0 Å². The summed E-state index contributed by atoms with van der Waals surface area (Å²) in [5.41, 5.74) is 5.75. The highest BCUT2D eigenvalue weighted by molar-refractivity contribution is 6.32. The van der Waals surface area contributed by atoms with Gasteiger partial charge >= 0.3 is 0 Å². The molecule has 0 bridgehead atoms. The van der Waals surface area contributed by atoms with Crippen LogP contribution in [0.5, 0.6) is 5.88 Å². The van der Waals surface area contributed by atoms with Crippen molar-refractivity contribution in [3.63, 3.8) is 0 Å². The second-order valence-corrected chi connectivity index (χ2v) is 6.57. The number of ether oxygens (including phenoxy) is 1. The van der Waals surface area contributed by atoms with Gasteiger partial charge in [-0.25, -0.2) is 4.98 Å². The molecular weight excluding hydrogens is 318 g/mol. The van der Waals surface area contributed by atoms with Gasteiger partial charge in [-0.3, -0.25) is 9.59 Å². The fourth-order valence-corrected chi connectivity index (χ4v) is 2.85. The molecule has 126 valence electrons. The van der Waals surface area contributed by atoms with Crippen LogP contribution in [0.4, 0.5) is 0 Å². The fourth-order valence-electron chi connectivity index (χ4n) is 2.64. The van der Waals surface area contributed by atoms with E-state index in [0.29, 0.717) is 29.4 Å². The smallest absolute Gasteiger partial charge is 0.255 e. The number of amides is 2. The molecule has 0 aliphatic carbocycles. The number of hydrogen-bond donors (Lipinski definition) is 1. The summed E-state index contributed by atoms with van der Waals surface area (Å²) >= 11 is 6.14. The summed E-state index contributed by atoms with van der Waals surface area (Å²) in [6.07, 6.45) is 2.85. The Morgan fingerprint density at radius 1 is 1.43 bits per heavy atom. The Morgan fingerprint density at radius 2 is 2.13 bits per heavy atom. The first-order chi connectivity index (χ1) is 10.8. The number of piperidine rings is 1. The van der Waals surface area contributed by atoms with Gasteiger partial charge in [-0.1, -0.05) is 11.6 Å². The number of carbonyl (C=O) groups excluding carboxylic acids is 2. The van der Waals surface area contributed by atoms with Gasteiger partial charge in [-0.05, 0) is 39.7 Å². The molecule has 0 saturated carbocycles. The van der Waals surface area contributed by atoms with E-state index in [1.807, 2.05) is 20.8 Å². The number of primary amides is 1. The summed E-state index contributed by atoms with van der Waals surface area (Å²) in [5, 5.41) is 0.292. The average Bonchev–Trinajstić information content (AvgIpc) is 2.48. The normalized spacial score (nSPS) is 21.3. The molecule has 2 rings (SSSR count). The third kappa shape index (κ3) is 4.13. The molecule has 2 heterocycles. The molecular formula is C16H22ClN3O3. The van der Waals surface area contributed by atoms with Gasteiger partial charge in [0.05, 0.1) is 17.6 Å². The van der Waals surface area contributed by atoms with E-state index in [-0.39, 0.29) is 29.9 Å². The van der Waals surface area contributed by atoms with Crippen LogP contribution in [0.15, 0.2) is 12.3 Å². The number of nitrogens with zero attached hydrogens (tertiary/aromatic N) is 2. The first kappa shape index (κ1) is 17.5. The minimum atomic E-state index is -0.369. The third-order valence-electron chi connectivity index (χ3n) is 3.95. The predicted octanol–water partition coefficient (Wildman–Crippen LogP) is 2.25. The van der Waals surface area contributed by atoms with Crippen molar-refractivity contribution in [3.8, 4) is 5.88 Å². The zero-order valence-corrected chi connectivity index (χ0v) is 14.3. The van der Waals surface area contributed by atoms with Gasteiger partial charge in [0.2, 0.25) is 11.8 Å². The summed E-state index contributed by atoms with van der Waals surface area (Å²) in [7, 11) is 0. The molecule has 0 aromatic carbocycles. The first-order valence-corrected chi connectivity index (χ1v) is 8.10. The van der Waals surface area contributed by atoms with Crippen LogP contribution in [0.25, 0.3) is 0 Å². The Hall–Kier alpha value is -1.82. The van der Waals surface area contributed by atoms with Gasteiger partial charge < -0.3 is 15.4 Å². The summed E-state index contributed by atoms with van der Waals surface area (Å²) in [6, 6.07) is 1.60. The SMILES string of the molecule is CC(C)Oc1ncc(C(=O)N2CC(C(N)=O)CCC2C)cc1Cl. The van der Waals surface area contributed by atoms with E-state index >= 15 is 0 Å². The predicted molar refractivity (Wildman–Crippen MR) is 87.4 cm³/mol. The lowest BCUT2D eigenvalue weighted by Crippen LogP contribution is -2.48. The number of halogens is 1. The summed E-state index contributed by atoms with van der Waals surface area (Å²) in [6.45, 7) is 6.03. The second-order valence-electron chi connectivity index (χ2n) is 6.16. The van der Waals surface area contributed by atoms with E-state index in [2.05, 4.69) is 4.98 Å². The van der Waals surface area contributed by atoms with Crippen molar-refractivity contribution in [2.45, 2.75) is 45.8 Å². The molecule has 23 heavy (non-hydrogen) atoms. The van der Waals surface area contributed by atoms with Gasteiger partial charge in [0.25, 0.3) is 5.91 Å². The van der Waals surface area contributed by atoms with Crippen molar-refractivity contribution in [2.75, 3.05) is 6.54 Å². The molecule has 7 heteroatoms. The number of aromatic nitrogens is 1. The van der Waals surface area contributed by atoms with E-state index in [1.54, 1.807) is 11.0 Å². The molecule has 1 fully saturated rings. The van der Waals surface area contributed by atoms with Gasteiger partial charge in [0.1, 0.15) is 5.02 Å². The van der Waals surface area contributed by atoms with Gasteiger partial charge in [-0.15, -0.1) is 0 Å². The van der Waals surface area contributed by atoms with Crippen LogP contribution in [0.2, 0.25) is 5.02 Å². The van der Waals surface area contributed by atoms with E-state index < -0.39 is 0 Å². The molecule has 2 amide bonds. The maximum Gasteiger partial charge on any atom is 0.255 e. The number of likely N-dealkylation sites (tertiary alicyclic amines) is 1. The Balaban J connectivity index is 2.18. The van der Waals surface area contributed by atoms with Crippen molar-refractivity contribution in [1.29, 1.82) is 0 Å². The van der Waals surface area contributed by atoms with Crippen molar-refractivity contribution in [3.05, 3.63) is 22.8 Å². The van der Waals surface area contributed by atoms with Crippen molar-refractivity contribution >= 4 is 23.4 Å². The molecule has 2 atom stereocenters. The molecule has 1 aromatic heterocycles. The lowest BCUT2D eigenvalue weighted by Gasteiger charge is -2.36. The number of pyridine rings is 1. The summed E-state index contributed by atoms with van der Waals surface area (Å²) in [4.78, 5) is 29.9. The van der Waals surface area contributed by atoms with E-state index in [9.17, 15) is 9.59 Å². The highest BCUT2D eigenvalue weighted by atomic mass is 35.5. The molecule has 0 spiro atoms. The standard InChI is InChI=1S/C16H22ClN3O3/c1-9(2)23-15-13(17)6-12(7-19-15)16(22)20-8-11(14(18)21)5-4-10(20)3/h6-7,9-11H,4-5,8H2,1-3H3,(H2,18,21). The van der Waals surface area contributed by atoms with Crippen molar-refractivity contribution in [1.82, 2.24) is 9.88 Å². The number of nitrogens with two attached hydrogens (primary N) is 1. The third-order valence-corrected chi connectivity index (χ3v) is 4.22. The Kier molecular flexibility index (Phi) is 5.46. The zero-order valence-electron chi connectivity index (χ0n) is 13.6. The number of hydrogen-bond acceptors (Lipinski definition) is 4. The molecule has 1 aliphatic heterocycles. The molecule has 2 unspecified atom stereocenters. The van der Waals surface area contributed by atoms with Crippen LogP contribution in [0.3, 0.4) is 0 Å². The molecule has 1 aromatic rings. The Labute approximate surface area is 140 Å². The Bertz CT molecular complexity index is 606. The molecule has 1 aliphatic rings. The second kappa shape index (κ2) is 7.17.